The smallest absolute Gasteiger partial charge is 0.150 e. The van der Waals surface area contributed by atoms with Gasteiger partial charge in [0.2, 0.25) is 0 Å². The third-order valence-electron chi connectivity index (χ3n) is 2.46. The molecule has 0 fully saturated rings. The van der Waals surface area contributed by atoms with Crippen molar-refractivity contribution in [2.24, 2.45) is 0 Å². The maximum absolute atomic E-state index is 13.5. The molecular weight excluding hydrogens is 279 g/mol. The van der Waals surface area contributed by atoms with E-state index >= 15 is 0 Å². The fourth-order valence-corrected chi connectivity index (χ4v) is 1.69. The normalized spacial score (nSPS) is 9.40. The first-order valence-electron chi connectivity index (χ1n) is 6.31. The van der Waals surface area contributed by atoms with Gasteiger partial charge in [-0.15, -0.1) is 0 Å². The predicted molar refractivity (Wildman–Crippen MR) is 78.9 cm³/mol. The lowest BCUT2D eigenvalue weighted by Gasteiger charge is -2.08. The molecule has 0 N–H and O–H groups in total. The highest BCUT2D eigenvalue weighted by Gasteiger charge is 2.07. The number of carbonyl (C=O) groups is 1. The fourth-order valence-electron chi connectivity index (χ4n) is 1.47. The van der Waals surface area contributed by atoms with Gasteiger partial charge in [0.25, 0.3) is 0 Å². The quantitative estimate of drug-likeness (QED) is 0.750. The summed E-state index contributed by atoms with van der Waals surface area (Å²) in [5, 5.41) is 0.333. The molecule has 0 amide bonds. The lowest BCUT2D eigenvalue weighted by Crippen LogP contribution is -1.99. The zero-order valence-corrected chi connectivity index (χ0v) is 12.2. The Morgan fingerprint density at radius 1 is 1.15 bits per heavy atom. The number of benzene rings is 2. The lowest BCUT2D eigenvalue weighted by atomic mass is 10.2. The SMILES string of the molecule is CC.O=Cc1ccc(OCc2c(F)cccc2Cl)cc1. The molecule has 0 atom stereocenters. The van der Waals surface area contributed by atoms with E-state index in [9.17, 15) is 9.18 Å². The van der Waals surface area contributed by atoms with Crippen LogP contribution in [0.5, 0.6) is 5.75 Å². The minimum Gasteiger partial charge on any atom is -0.489 e. The van der Waals surface area contributed by atoms with Crippen molar-refractivity contribution in [3.8, 4) is 5.75 Å². The number of halogens is 2. The van der Waals surface area contributed by atoms with E-state index in [2.05, 4.69) is 0 Å². The number of rotatable bonds is 4. The minimum atomic E-state index is -0.396. The van der Waals surface area contributed by atoms with Gasteiger partial charge in [-0.3, -0.25) is 4.79 Å². The molecule has 0 spiro atoms. The van der Waals surface area contributed by atoms with Gasteiger partial charge < -0.3 is 4.74 Å². The Balaban J connectivity index is 0.000000956. The molecule has 0 aliphatic rings. The van der Waals surface area contributed by atoms with E-state index in [4.69, 9.17) is 16.3 Å². The van der Waals surface area contributed by atoms with Gasteiger partial charge in [-0.25, -0.2) is 4.39 Å². The van der Waals surface area contributed by atoms with Crippen LogP contribution in [0.1, 0.15) is 29.8 Å². The molecule has 0 saturated heterocycles. The summed E-state index contributed by atoms with van der Waals surface area (Å²) < 4.78 is 18.9. The summed E-state index contributed by atoms with van der Waals surface area (Å²) in [6, 6.07) is 11.0. The zero-order valence-electron chi connectivity index (χ0n) is 11.4. The monoisotopic (exact) mass is 294 g/mol. The van der Waals surface area contributed by atoms with Crippen molar-refractivity contribution in [2.75, 3.05) is 0 Å². The number of carbonyl (C=O) groups excluding carboxylic acids is 1. The Labute approximate surface area is 123 Å². The van der Waals surface area contributed by atoms with Gasteiger partial charge in [-0.2, -0.15) is 0 Å². The van der Waals surface area contributed by atoms with Crippen molar-refractivity contribution in [3.05, 3.63) is 64.4 Å². The molecule has 20 heavy (non-hydrogen) atoms. The Bertz CT molecular complexity index is 533. The maximum Gasteiger partial charge on any atom is 0.150 e. The van der Waals surface area contributed by atoms with E-state index in [0.29, 0.717) is 21.9 Å². The Morgan fingerprint density at radius 3 is 2.35 bits per heavy atom. The van der Waals surface area contributed by atoms with Crippen LogP contribution in [0.25, 0.3) is 0 Å². The standard InChI is InChI=1S/C14H10ClFO2.C2H6/c15-13-2-1-3-14(16)12(13)9-18-11-6-4-10(8-17)5-7-11;1-2/h1-8H,9H2;1-2H3. The van der Waals surface area contributed by atoms with Crippen LogP contribution in [-0.4, -0.2) is 6.29 Å². The molecule has 0 saturated carbocycles. The van der Waals surface area contributed by atoms with Crippen LogP contribution in [0, 0.1) is 5.82 Å². The summed E-state index contributed by atoms with van der Waals surface area (Å²) in [6.45, 7) is 4.05. The summed E-state index contributed by atoms with van der Waals surface area (Å²) in [7, 11) is 0. The van der Waals surface area contributed by atoms with E-state index in [1.807, 2.05) is 13.8 Å². The molecule has 0 radical (unpaired) electrons. The molecule has 0 unspecified atom stereocenters. The van der Waals surface area contributed by atoms with Gasteiger partial charge in [0.15, 0.2) is 0 Å². The highest BCUT2D eigenvalue weighted by molar-refractivity contribution is 6.31. The zero-order chi connectivity index (χ0) is 15.0. The summed E-state index contributed by atoms with van der Waals surface area (Å²) >= 11 is 5.88. The summed E-state index contributed by atoms with van der Waals surface area (Å²) in [6.07, 6.45) is 0.748. The lowest BCUT2D eigenvalue weighted by molar-refractivity contribution is 0.112. The molecule has 2 rings (SSSR count). The van der Waals surface area contributed by atoms with Crippen LogP contribution in [-0.2, 0) is 6.61 Å². The molecule has 2 aromatic rings. The first-order valence-corrected chi connectivity index (χ1v) is 6.69. The second-order valence-corrected chi connectivity index (χ2v) is 4.08. The Morgan fingerprint density at radius 2 is 1.80 bits per heavy atom. The molecular formula is C16H16ClFO2. The Hall–Kier alpha value is -1.87. The van der Waals surface area contributed by atoms with Crippen molar-refractivity contribution in [2.45, 2.75) is 20.5 Å². The van der Waals surface area contributed by atoms with Crippen molar-refractivity contribution in [3.63, 3.8) is 0 Å². The van der Waals surface area contributed by atoms with E-state index in [1.165, 1.54) is 6.07 Å². The van der Waals surface area contributed by atoms with Crippen molar-refractivity contribution in [1.82, 2.24) is 0 Å². The number of ether oxygens (including phenoxy) is 1. The maximum atomic E-state index is 13.5. The molecule has 2 nitrogen and oxygen atoms in total. The minimum absolute atomic E-state index is 0.0476. The summed E-state index contributed by atoms with van der Waals surface area (Å²) in [5.74, 6) is 0.159. The number of hydrogen-bond acceptors (Lipinski definition) is 2. The molecule has 0 aromatic heterocycles. The molecule has 4 heteroatoms. The first-order chi connectivity index (χ1) is 9.70. The van der Waals surface area contributed by atoms with E-state index in [0.717, 1.165) is 6.29 Å². The fraction of sp³-hybridized carbons (Fsp3) is 0.188. The number of hydrogen-bond donors (Lipinski definition) is 0. The third kappa shape index (κ3) is 4.35. The van der Waals surface area contributed by atoms with Gasteiger partial charge in [0.1, 0.15) is 24.5 Å². The molecule has 2 aromatic carbocycles. The van der Waals surface area contributed by atoms with Crippen molar-refractivity contribution < 1.29 is 13.9 Å². The first kappa shape index (κ1) is 16.2. The largest absolute Gasteiger partial charge is 0.489 e. The number of aldehydes is 1. The third-order valence-corrected chi connectivity index (χ3v) is 2.82. The van der Waals surface area contributed by atoms with Crippen LogP contribution < -0.4 is 4.74 Å². The van der Waals surface area contributed by atoms with Crippen molar-refractivity contribution >= 4 is 17.9 Å². The second kappa shape index (κ2) is 8.33. The molecule has 0 heterocycles. The van der Waals surface area contributed by atoms with Crippen LogP contribution in [0.4, 0.5) is 4.39 Å². The van der Waals surface area contributed by atoms with Crippen molar-refractivity contribution in [1.29, 1.82) is 0 Å². The van der Waals surface area contributed by atoms with E-state index < -0.39 is 5.82 Å². The van der Waals surface area contributed by atoms with E-state index in [-0.39, 0.29) is 6.61 Å². The molecule has 0 bridgehead atoms. The topological polar surface area (TPSA) is 26.3 Å². The van der Waals surface area contributed by atoms with E-state index in [1.54, 1.807) is 36.4 Å². The van der Waals surface area contributed by atoms with Gasteiger partial charge in [-0.1, -0.05) is 31.5 Å². The van der Waals surface area contributed by atoms with Gasteiger partial charge >= 0.3 is 0 Å². The average molecular weight is 295 g/mol. The average Bonchev–Trinajstić information content (AvgIpc) is 2.49. The highest BCUT2D eigenvalue weighted by atomic mass is 35.5. The second-order valence-electron chi connectivity index (χ2n) is 3.68. The van der Waals surface area contributed by atoms with Gasteiger partial charge in [0.05, 0.1) is 5.02 Å². The van der Waals surface area contributed by atoms with Crippen LogP contribution >= 0.6 is 11.6 Å². The molecule has 106 valence electrons. The summed E-state index contributed by atoms with van der Waals surface area (Å²) in [5.41, 5.74) is 0.880. The van der Waals surface area contributed by atoms with Crippen LogP contribution in [0.3, 0.4) is 0 Å². The van der Waals surface area contributed by atoms with Crippen LogP contribution in [0.2, 0.25) is 5.02 Å². The van der Waals surface area contributed by atoms with Crippen LogP contribution in [0.15, 0.2) is 42.5 Å². The predicted octanol–water partition coefficient (Wildman–Crippen LogP) is 4.90. The molecule has 0 aliphatic carbocycles. The van der Waals surface area contributed by atoms with Gasteiger partial charge in [-0.05, 0) is 36.4 Å². The Kier molecular flexibility index (Phi) is 6.74. The van der Waals surface area contributed by atoms with Gasteiger partial charge in [0, 0.05) is 11.1 Å². The molecule has 0 aliphatic heterocycles. The highest BCUT2D eigenvalue weighted by Crippen LogP contribution is 2.21. The summed E-state index contributed by atoms with van der Waals surface area (Å²) in [4.78, 5) is 10.5.